The van der Waals surface area contributed by atoms with E-state index in [9.17, 15) is 28.1 Å². The fourth-order valence-corrected chi connectivity index (χ4v) is 5.97. The molecule has 1 unspecified atom stereocenters. The van der Waals surface area contributed by atoms with Crippen molar-refractivity contribution in [3.8, 4) is 0 Å². The topological polar surface area (TPSA) is 133 Å². The predicted octanol–water partition coefficient (Wildman–Crippen LogP) is 5.07. The van der Waals surface area contributed by atoms with Crippen molar-refractivity contribution < 1.29 is 31.9 Å². The lowest BCUT2D eigenvalue weighted by atomic mass is 10.1. The van der Waals surface area contributed by atoms with Gasteiger partial charge in [-0.25, -0.2) is 4.79 Å². The first-order valence-electron chi connectivity index (χ1n) is 12.2. The summed E-state index contributed by atoms with van der Waals surface area (Å²) in [6.07, 6.45) is 2.09. The van der Waals surface area contributed by atoms with E-state index >= 15 is 0 Å². The molecule has 0 bridgehead atoms. The van der Waals surface area contributed by atoms with E-state index in [1.54, 1.807) is 19.1 Å². The molecular formula is C26H30N2O8S2. The Hall–Kier alpha value is -3.38. The minimum atomic E-state index is -4.29. The van der Waals surface area contributed by atoms with Crippen LogP contribution in [0.5, 0.6) is 0 Å². The van der Waals surface area contributed by atoms with Crippen molar-refractivity contribution in [2.45, 2.75) is 63.3 Å². The number of aryl methyl sites for hydroxylation is 1. The quantitative estimate of drug-likeness (QED) is 0.0480. The highest BCUT2D eigenvalue weighted by atomic mass is 32.2. The standard InChI is InChI=1S/C26H30N2O8S2/c1-4-6-15-37-24-16-23(29)27(24)25(26(30)35-17-19-9-11-20(12-10-19)28(31)32)22(5-2)36-38(33,34)21-13-7-18(3)8-14-21/h7-14,24H,4-6,15-17H2,1-3H3. The molecule has 1 atom stereocenters. The number of hydrogen-bond donors (Lipinski definition) is 0. The van der Waals surface area contributed by atoms with E-state index in [4.69, 9.17) is 8.92 Å². The molecule has 3 rings (SSSR count). The van der Waals surface area contributed by atoms with Crippen LogP contribution in [0, 0.1) is 17.0 Å². The van der Waals surface area contributed by atoms with Gasteiger partial charge in [-0.1, -0.05) is 38.0 Å². The summed E-state index contributed by atoms with van der Waals surface area (Å²) in [5, 5.41) is 10.5. The lowest BCUT2D eigenvalue weighted by Gasteiger charge is -2.40. The number of thioether (sulfide) groups is 1. The Morgan fingerprint density at radius 2 is 1.79 bits per heavy atom. The fraction of sp³-hybridized carbons (Fsp3) is 0.385. The summed E-state index contributed by atoms with van der Waals surface area (Å²) in [6, 6.07) is 11.5. The van der Waals surface area contributed by atoms with E-state index < -0.39 is 21.0 Å². The van der Waals surface area contributed by atoms with Gasteiger partial charge in [-0.15, -0.1) is 11.8 Å². The van der Waals surface area contributed by atoms with Gasteiger partial charge in [0.1, 0.15) is 11.5 Å². The normalized spacial score (nSPS) is 15.9. The number of allylic oxidation sites excluding steroid dienone is 1. The van der Waals surface area contributed by atoms with Crippen LogP contribution < -0.4 is 0 Å². The molecule has 10 nitrogen and oxygen atoms in total. The third-order valence-corrected chi connectivity index (χ3v) is 8.33. The van der Waals surface area contributed by atoms with Gasteiger partial charge in [-0.3, -0.25) is 19.8 Å². The summed E-state index contributed by atoms with van der Waals surface area (Å²) in [5.41, 5.74) is 0.985. The molecule has 1 amide bonds. The highest BCUT2D eigenvalue weighted by molar-refractivity contribution is 8.00. The van der Waals surface area contributed by atoms with Gasteiger partial charge < -0.3 is 8.92 Å². The van der Waals surface area contributed by atoms with E-state index in [0.717, 1.165) is 24.2 Å². The van der Waals surface area contributed by atoms with Crippen LogP contribution in [0.2, 0.25) is 0 Å². The van der Waals surface area contributed by atoms with Gasteiger partial charge in [0.25, 0.3) is 5.69 Å². The average molecular weight is 563 g/mol. The van der Waals surface area contributed by atoms with Crippen LogP contribution in [0.15, 0.2) is 64.9 Å². The van der Waals surface area contributed by atoms with E-state index in [1.165, 1.54) is 53.1 Å². The third kappa shape index (κ3) is 7.13. The maximum atomic E-state index is 13.3. The zero-order chi connectivity index (χ0) is 27.9. The van der Waals surface area contributed by atoms with E-state index in [2.05, 4.69) is 0 Å². The molecule has 1 fully saturated rings. The van der Waals surface area contributed by atoms with Crippen LogP contribution in [0.25, 0.3) is 0 Å². The minimum absolute atomic E-state index is 0.00316. The number of β-lactam (4-membered cyclic amide) rings is 1. The summed E-state index contributed by atoms with van der Waals surface area (Å²) < 4.78 is 37.0. The summed E-state index contributed by atoms with van der Waals surface area (Å²) in [7, 11) is -4.29. The Kier molecular flexibility index (Phi) is 9.92. The monoisotopic (exact) mass is 562 g/mol. The van der Waals surface area contributed by atoms with Crippen molar-refractivity contribution in [1.29, 1.82) is 0 Å². The largest absolute Gasteiger partial charge is 0.456 e. The SMILES string of the molecule is CCCCSC1CC(=O)N1C(C(=O)OCc1ccc([N+](=O)[O-])cc1)=C(CC)OS(=O)(=O)c1ccc(C)cc1. The molecule has 2 aromatic carbocycles. The number of non-ortho nitro benzene ring substituents is 1. The number of unbranched alkanes of at least 4 members (excludes halogenated alkanes) is 1. The van der Waals surface area contributed by atoms with Crippen molar-refractivity contribution in [3.05, 3.63) is 81.2 Å². The first-order chi connectivity index (χ1) is 18.1. The Balaban J connectivity index is 1.92. The second-order valence-electron chi connectivity index (χ2n) is 8.62. The maximum absolute atomic E-state index is 13.3. The number of amides is 1. The highest BCUT2D eigenvalue weighted by Gasteiger charge is 2.44. The molecule has 2 aromatic rings. The minimum Gasteiger partial charge on any atom is -0.456 e. The zero-order valence-corrected chi connectivity index (χ0v) is 23.0. The zero-order valence-electron chi connectivity index (χ0n) is 21.4. The van der Waals surface area contributed by atoms with Crippen LogP contribution in [0.3, 0.4) is 0 Å². The molecule has 0 aromatic heterocycles. The van der Waals surface area contributed by atoms with Crippen LogP contribution in [-0.4, -0.2) is 41.2 Å². The molecule has 38 heavy (non-hydrogen) atoms. The number of likely N-dealkylation sites (tertiary alicyclic amines) is 1. The molecule has 204 valence electrons. The first-order valence-corrected chi connectivity index (χ1v) is 14.6. The third-order valence-electron chi connectivity index (χ3n) is 5.77. The number of nitro benzene ring substituents is 1. The summed E-state index contributed by atoms with van der Waals surface area (Å²) in [4.78, 5) is 37.6. The molecule has 0 aliphatic carbocycles. The lowest BCUT2D eigenvalue weighted by Crippen LogP contribution is -2.52. The van der Waals surface area contributed by atoms with Gasteiger partial charge in [0.05, 0.1) is 16.7 Å². The number of esters is 1. The number of carbonyl (C=O) groups excluding carboxylic acids is 2. The van der Waals surface area contributed by atoms with E-state index in [-0.39, 0.29) is 52.8 Å². The number of benzene rings is 2. The average Bonchev–Trinajstić information content (AvgIpc) is 2.89. The van der Waals surface area contributed by atoms with Crippen molar-refractivity contribution in [3.63, 3.8) is 0 Å². The number of rotatable bonds is 13. The van der Waals surface area contributed by atoms with Crippen molar-refractivity contribution in [1.82, 2.24) is 4.90 Å². The molecular weight excluding hydrogens is 532 g/mol. The Morgan fingerprint density at radius 1 is 1.13 bits per heavy atom. The predicted molar refractivity (Wildman–Crippen MR) is 142 cm³/mol. The second kappa shape index (κ2) is 12.9. The molecule has 0 saturated carbocycles. The van der Waals surface area contributed by atoms with Crippen LogP contribution in [-0.2, 0) is 35.2 Å². The van der Waals surface area contributed by atoms with Crippen LogP contribution in [0.4, 0.5) is 5.69 Å². The first kappa shape index (κ1) is 29.2. The smallest absolute Gasteiger partial charge is 0.359 e. The van der Waals surface area contributed by atoms with Crippen molar-refractivity contribution in [2.24, 2.45) is 0 Å². The summed E-state index contributed by atoms with van der Waals surface area (Å²) in [6.45, 7) is 5.24. The lowest BCUT2D eigenvalue weighted by molar-refractivity contribution is -0.384. The molecule has 12 heteroatoms. The number of hydrogen-bond acceptors (Lipinski definition) is 9. The Bertz CT molecular complexity index is 1310. The van der Waals surface area contributed by atoms with Gasteiger partial charge in [-0.2, -0.15) is 8.42 Å². The van der Waals surface area contributed by atoms with Gasteiger partial charge in [0.2, 0.25) is 5.91 Å². The fourth-order valence-electron chi connectivity index (χ4n) is 3.58. The second-order valence-corrected chi connectivity index (χ2v) is 11.5. The van der Waals surface area contributed by atoms with E-state index in [0.29, 0.717) is 5.56 Å². The van der Waals surface area contributed by atoms with Crippen molar-refractivity contribution >= 4 is 39.4 Å². The van der Waals surface area contributed by atoms with Gasteiger partial charge in [0.15, 0.2) is 11.5 Å². The highest BCUT2D eigenvalue weighted by Crippen LogP contribution is 2.36. The molecule has 1 heterocycles. The van der Waals surface area contributed by atoms with Crippen molar-refractivity contribution in [2.75, 3.05) is 5.75 Å². The van der Waals surface area contributed by atoms with E-state index in [1.807, 2.05) is 13.8 Å². The number of nitro groups is 1. The molecule has 0 radical (unpaired) electrons. The molecule has 1 saturated heterocycles. The van der Waals surface area contributed by atoms with Gasteiger partial charge in [0, 0.05) is 18.6 Å². The Labute approximate surface area is 226 Å². The molecule has 0 spiro atoms. The molecule has 1 aliphatic rings. The molecule has 0 N–H and O–H groups in total. The number of ether oxygens (including phenoxy) is 1. The summed E-state index contributed by atoms with van der Waals surface area (Å²) in [5.74, 6) is -0.703. The Morgan fingerprint density at radius 3 is 2.34 bits per heavy atom. The summed E-state index contributed by atoms with van der Waals surface area (Å²) >= 11 is 1.50. The number of nitrogens with zero attached hydrogens (tertiary/aromatic N) is 2. The van der Waals surface area contributed by atoms with Crippen LogP contribution >= 0.6 is 11.8 Å². The maximum Gasteiger partial charge on any atom is 0.359 e. The van der Waals surface area contributed by atoms with Gasteiger partial charge >= 0.3 is 16.1 Å². The molecule has 1 aliphatic heterocycles. The van der Waals surface area contributed by atoms with Gasteiger partial charge in [-0.05, 0) is 48.9 Å². The number of carbonyl (C=O) groups is 2. The van der Waals surface area contributed by atoms with Crippen LogP contribution in [0.1, 0.15) is 50.7 Å².